The van der Waals surface area contributed by atoms with Crippen LogP contribution in [-0.4, -0.2) is 49.5 Å². The van der Waals surface area contributed by atoms with Gasteiger partial charge < -0.3 is 10.2 Å². The molecule has 2 amide bonds. The largest absolute Gasteiger partial charge is 0.350 e. The Morgan fingerprint density at radius 3 is 2.23 bits per heavy atom. The van der Waals surface area contributed by atoms with Crippen molar-refractivity contribution in [1.82, 2.24) is 10.2 Å². The van der Waals surface area contributed by atoms with Crippen molar-refractivity contribution in [3.63, 3.8) is 0 Å². The van der Waals surface area contributed by atoms with Crippen LogP contribution in [0.3, 0.4) is 0 Å². The fourth-order valence-electron chi connectivity index (χ4n) is 3.66. The third-order valence-corrected chi connectivity index (χ3v) is 6.72. The maximum Gasteiger partial charge on any atom is 0.242 e. The highest BCUT2D eigenvalue weighted by molar-refractivity contribution is 7.92. The first-order valence-corrected chi connectivity index (χ1v) is 13.4. The van der Waals surface area contributed by atoms with Gasteiger partial charge in [-0.2, -0.15) is 0 Å². The summed E-state index contributed by atoms with van der Waals surface area (Å²) >= 11 is 0. The molecule has 0 aliphatic heterocycles. The molecular formula is C26H36FN3O4S. The van der Waals surface area contributed by atoms with Gasteiger partial charge in [-0.1, -0.05) is 36.4 Å². The van der Waals surface area contributed by atoms with Gasteiger partial charge in [0, 0.05) is 25.0 Å². The van der Waals surface area contributed by atoms with Gasteiger partial charge in [0.05, 0.1) is 11.9 Å². The van der Waals surface area contributed by atoms with Crippen LogP contribution >= 0.6 is 0 Å². The van der Waals surface area contributed by atoms with E-state index < -0.39 is 27.4 Å². The highest BCUT2D eigenvalue weighted by Crippen LogP contribution is 2.22. The monoisotopic (exact) mass is 505 g/mol. The highest BCUT2D eigenvalue weighted by Gasteiger charge is 2.29. The van der Waals surface area contributed by atoms with Crippen molar-refractivity contribution in [2.45, 2.75) is 65.6 Å². The zero-order chi connectivity index (χ0) is 26.4. The summed E-state index contributed by atoms with van der Waals surface area (Å²) in [6.07, 6.45) is 1.17. The fourth-order valence-corrected chi connectivity index (χ4v) is 4.63. The molecule has 0 aliphatic carbocycles. The topological polar surface area (TPSA) is 86.8 Å². The van der Waals surface area contributed by atoms with Gasteiger partial charge in [-0.05, 0) is 64.3 Å². The number of aryl methyl sites for hydroxylation is 1. The Morgan fingerprint density at radius 1 is 1.06 bits per heavy atom. The third-order valence-electron chi connectivity index (χ3n) is 5.54. The Hall–Kier alpha value is -2.94. The molecule has 0 spiro atoms. The second-order valence-corrected chi connectivity index (χ2v) is 11.7. The van der Waals surface area contributed by atoms with Crippen molar-refractivity contribution in [3.05, 3.63) is 65.5 Å². The number of nitrogens with one attached hydrogen (secondary N) is 1. The van der Waals surface area contributed by atoms with E-state index in [0.29, 0.717) is 0 Å². The fraction of sp³-hybridized carbons (Fsp3) is 0.462. The predicted molar refractivity (Wildman–Crippen MR) is 137 cm³/mol. The Balaban J connectivity index is 2.21. The minimum Gasteiger partial charge on any atom is -0.350 e. The second-order valence-electron chi connectivity index (χ2n) is 9.75. The minimum atomic E-state index is -3.76. The zero-order valence-corrected chi connectivity index (χ0v) is 22.2. The summed E-state index contributed by atoms with van der Waals surface area (Å²) in [7, 11) is -3.76. The molecule has 7 nitrogen and oxygen atoms in total. The van der Waals surface area contributed by atoms with Gasteiger partial charge in [0.25, 0.3) is 0 Å². The van der Waals surface area contributed by atoms with Crippen molar-refractivity contribution in [2.24, 2.45) is 0 Å². The van der Waals surface area contributed by atoms with Crippen LogP contribution in [0.2, 0.25) is 0 Å². The van der Waals surface area contributed by atoms with Crippen molar-refractivity contribution in [2.75, 3.05) is 17.1 Å². The van der Waals surface area contributed by atoms with Gasteiger partial charge >= 0.3 is 0 Å². The van der Waals surface area contributed by atoms with Crippen LogP contribution in [0.4, 0.5) is 10.1 Å². The van der Waals surface area contributed by atoms with E-state index in [0.717, 1.165) is 21.7 Å². The number of halogens is 1. The number of nitrogens with zero attached hydrogens (tertiary/aromatic N) is 2. The lowest BCUT2D eigenvalue weighted by molar-refractivity contribution is -0.141. The Kier molecular flexibility index (Phi) is 9.43. The first-order chi connectivity index (χ1) is 16.2. The molecule has 35 heavy (non-hydrogen) atoms. The summed E-state index contributed by atoms with van der Waals surface area (Å²) < 4.78 is 39.9. The number of amides is 2. The highest BCUT2D eigenvalue weighted by atomic mass is 32.2. The number of carbonyl (C=O) groups excluding carboxylic acids is 2. The first kappa shape index (κ1) is 28.3. The summed E-state index contributed by atoms with van der Waals surface area (Å²) in [5.74, 6) is -1.21. The lowest BCUT2D eigenvalue weighted by Gasteiger charge is -2.32. The molecule has 0 aliphatic rings. The molecule has 9 heteroatoms. The van der Waals surface area contributed by atoms with Crippen molar-refractivity contribution >= 4 is 27.5 Å². The van der Waals surface area contributed by atoms with E-state index in [9.17, 15) is 22.4 Å². The summed E-state index contributed by atoms with van der Waals surface area (Å²) in [6.45, 7) is 9.41. The predicted octanol–water partition coefficient (Wildman–Crippen LogP) is 4.01. The molecular weight excluding hydrogens is 469 g/mol. The Labute approximate surface area is 208 Å². The molecule has 0 bridgehead atoms. The van der Waals surface area contributed by atoms with Crippen LogP contribution in [0, 0.1) is 12.7 Å². The molecule has 0 saturated heterocycles. The van der Waals surface area contributed by atoms with Gasteiger partial charge in [-0.15, -0.1) is 0 Å². The zero-order valence-electron chi connectivity index (χ0n) is 21.3. The molecule has 0 radical (unpaired) electrons. The van der Waals surface area contributed by atoms with Crippen LogP contribution in [0.25, 0.3) is 0 Å². The number of para-hydroxylation sites is 1. The minimum absolute atomic E-state index is 0.000504. The molecule has 1 atom stereocenters. The van der Waals surface area contributed by atoms with Crippen LogP contribution in [0.5, 0.6) is 0 Å². The Morgan fingerprint density at radius 2 is 1.66 bits per heavy atom. The first-order valence-electron chi connectivity index (χ1n) is 11.6. The molecule has 0 aromatic heterocycles. The number of rotatable bonds is 10. The molecule has 1 unspecified atom stereocenters. The van der Waals surface area contributed by atoms with Gasteiger partial charge in [0.1, 0.15) is 11.9 Å². The number of sulfonamides is 1. The quantitative estimate of drug-likeness (QED) is 0.529. The number of hydrogen-bond acceptors (Lipinski definition) is 4. The van der Waals surface area contributed by atoms with Gasteiger partial charge in [-0.3, -0.25) is 13.9 Å². The summed E-state index contributed by atoms with van der Waals surface area (Å²) in [4.78, 5) is 27.7. The van der Waals surface area contributed by atoms with Gasteiger partial charge in [0.15, 0.2) is 0 Å². The van der Waals surface area contributed by atoms with Crippen molar-refractivity contribution < 1.29 is 22.4 Å². The standard InChI is InChI=1S/C26H36FN3O4S/c1-19-12-7-8-13-21(19)18-29(20(2)25(32)28-26(3,4)5)24(31)16-11-17-30(35(6,33)34)23-15-10-9-14-22(23)27/h7-10,12-15,20H,11,16-18H2,1-6H3,(H,28,32). The average Bonchev–Trinajstić information content (AvgIpc) is 2.74. The number of carbonyl (C=O) groups is 2. The third kappa shape index (κ3) is 8.35. The normalized spacial score (nSPS) is 12.7. The van der Waals surface area contributed by atoms with E-state index in [1.807, 2.05) is 52.0 Å². The second kappa shape index (κ2) is 11.7. The maximum absolute atomic E-state index is 14.3. The molecule has 2 aromatic rings. The average molecular weight is 506 g/mol. The molecule has 2 aromatic carbocycles. The number of anilines is 1. The SMILES string of the molecule is Cc1ccccc1CN(C(=O)CCCN(c1ccccc1F)S(C)(=O)=O)C(C)C(=O)NC(C)(C)C. The van der Waals surface area contributed by atoms with Crippen molar-refractivity contribution in [1.29, 1.82) is 0 Å². The van der Waals surface area contributed by atoms with Crippen LogP contribution in [-0.2, 0) is 26.2 Å². The van der Waals surface area contributed by atoms with E-state index in [1.54, 1.807) is 13.0 Å². The molecule has 1 N–H and O–H groups in total. The summed E-state index contributed by atoms with van der Waals surface area (Å²) in [5.41, 5.74) is 1.40. The van der Waals surface area contributed by atoms with E-state index in [4.69, 9.17) is 0 Å². The van der Waals surface area contributed by atoms with E-state index in [-0.39, 0.29) is 43.4 Å². The molecule has 0 saturated carbocycles. The van der Waals surface area contributed by atoms with Gasteiger partial charge in [-0.25, -0.2) is 12.8 Å². The lowest BCUT2D eigenvalue weighted by Crippen LogP contribution is -2.52. The number of hydrogen-bond donors (Lipinski definition) is 1. The van der Waals surface area contributed by atoms with Crippen LogP contribution in [0.1, 0.15) is 51.7 Å². The number of benzene rings is 2. The molecule has 2 rings (SSSR count). The van der Waals surface area contributed by atoms with E-state index in [2.05, 4.69) is 5.32 Å². The smallest absolute Gasteiger partial charge is 0.242 e. The molecule has 0 fully saturated rings. The van der Waals surface area contributed by atoms with Crippen molar-refractivity contribution in [3.8, 4) is 0 Å². The Bertz CT molecular complexity index is 1150. The maximum atomic E-state index is 14.3. The van der Waals surface area contributed by atoms with E-state index >= 15 is 0 Å². The van der Waals surface area contributed by atoms with E-state index in [1.165, 1.54) is 23.1 Å². The molecule has 192 valence electrons. The summed E-state index contributed by atoms with van der Waals surface area (Å²) in [5, 5.41) is 2.91. The lowest BCUT2D eigenvalue weighted by atomic mass is 10.1. The van der Waals surface area contributed by atoms with Crippen LogP contribution < -0.4 is 9.62 Å². The summed E-state index contributed by atoms with van der Waals surface area (Å²) in [6, 6.07) is 12.5. The van der Waals surface area contributed by atoms with Gasteiger partial charge in [0.2, 0.25) is 21.8 Å². The molecule has 0 heterocycles. The van der Waals surface area contributed by atoms with Crippen LogP contribution in [0.15, 0.2) is 48.5 Å².